The lowest BCUT2D eigenvalue weighted by Gasteiger charge is -2.23. The van der Waals surface area contributed by atoms with Gasteiger partial charge >= 0.3 is 0 Å². The summed E-state index contributed by atoms with van der Waals surface area (Å²) in [5, 5.41) is 6.03. The molecule has 0 saturated heterocycles. The van der Waals surface area contributed by atoms with Crippen LogP contribution in [0.3, 0.4) is 0 Å². The number of fused-ring (bicyclic) bond motifs is 1. The minimum Gasteiger partial charge on any atom is -0.487 e. The lowest BCUT2D eigenvalue weighted by Crippen LogP contribution is -2.33. The molecule has 0 aliphatic carbocycles. The minimum atomic E-state index is -0.893. The number of rotatable bonds is 5. The van der Waals surface area contributed by atoms with E-state index in [4.69, 9.17) is 9.47 Å². The molecule has 148 valence electrons. The summed E-state index contributed by atoms with van der Waals surface area (Å²) in [6.45, 7) is 3.64. The number of benzene rings is 1. The van der Waals surface area contributed by atoms with Crippen LogP contribution >= 0.6 is 0 Å². The summed E-state index contributed by atoms with van der Waals surface area (Å²) in [5.74, 6) is 1.47. The molecule has 2 aliphatic rings. The van der Waals surface area contributed by atoms with Gasteiger partial charge in [-0.05, 0) is 48.0 Å². The van der Waals surface area contributed by atoms with Gasteiger partial charge in [0.05, 0.1) is 24.1 Å². The highest BCUT2D eigenvalue weighted by atomic mass is 19.1. The standard InChI is InChI=1S/C21H19FN4O3/c1-14-3-8-20(24-25(14)2)26-11-15-9-17(6-7-19(15)21(26)27)28-12-16-4-5-18(10-23-16)29-13-22/h3-10H,1,11-13H2,2H3. The van der Waals surface area contributed by atoms with Crippen molar-refractivity contribution in [3.8, 4) is 11.5 Å². The Balaban J connectivity index is 1.44. The van der Waals surface area contributed by atoms with E-state index in [2.05, 4.69) is 16.7 Å². The quantitative estimate of drug-likeness (QED) is 0.779. The summed E-state index contributed by atoms with van der Waals surface area (Å²) in [5.41, 5.74) is 2.94. The predicted octanol–water partition coefficient (Wildman–Crippen LogP) is 3.25. The third kappa shape index (κ3) is 3.82. The number of amidine groups is 1. The fraction of sp³-hybridized carbons (Fsp3) is 0.190. The zero-order valence-electron chi connectivity index (χ0n) is 15.8. The van der Waals surface area contributed by atoms with Gasteiger partial charge in [-0.25, -0.2) is 4.39 Å². The Bertz CT molecular complexity index is 1020. The highest BCUT2D eigenvalue weighted by molar-refractivity contribution is 6.13. The third-order valence-electron chi connectivity index (χ3n) is 4.66. The van der Waals surface area contributed by atoms with Gasteiger partial charge in [0.15, 0.2) is 5.84 Å². The maximum absolute atomic E-state index is 12.7. The molecule has 1 aromatic carbocycles. The molecule has 29 heavy (non-hydrogen) atoms. The number of pyridine rings is 1. The molecule has 0 bridgehead atoms. The van der Waals surface area contributed by atoms with Gasteiger partial charge < -0.3 is 9.47 Å². The van der Waals surface area contributed by atoms with Gasteiger partial charge in [0, 0.05) is 12.6 Å². The van der Waals surface area contributed by atoms with Crippen LogP contribution in [0.1, 0.15) is 21.6 Å². The summed E-state index contributed by atoms with van der Waals surface area (Å²) in [4.78, 5) is 18.5. The molecule has 0 fully saturated rings. The van der Waals surface area contributed by atoms with E-state index in [0.29, 0.717) is 35.1 Å². The first-order valence-corrected chi connectivity index (χ1v) is 8.96. The first kappa shape index (κ1) is 18.7. The molecule has 8 heteroatoms. The lowest BCUT2D eigenvalue weighted by molar-refractivity contribution is 0.0864. The smallest absolute Gasteiger partial charge is 0.260 e. The zero-order valence-corrected chi connectivity index (χ0v) is 15.8. The Morgan fingerprint density at radius 2 is 2.00 bits per heavy atom. The van der Waals surface area contributed by atoms with E-state index < -0.39 is 6.86 Å². The molecule has 2 aliphatic heterocycles. The van der Waals surface area contributed by atoms with E-state index in [1.165, 1.54) is 6.20 Å². The van der Waals surface area contributed by atoms with Crippen molar-refractivity contribution in [1.82, 2.24) is 14.9 Å². The van der Waals surface area contributed by atoms with E-state index in [-0.39, 0.29) is 12.5 Å². The number of hydrazone groups is 1. The Morgan fingerprint density at radius 1 is 1.17 bits per heavy atom. The van der Waals surface area contributed by atoms with Gasteiger partial charge in [-0.2, -0.15) is 5.10 Å². The molecule has 1 aromatic heterocycles. The number of carbonyl (C=O) groups excluding carboxylic acids is 1. The first-order valence-electron chi connectivity index (χ1n) is 8.96. The number of aromatic nitrogens is 1. The number of hydrogen-bond donors (Lipinski definition) is 0. The summed E-state index contributed by atoms with van der Waals surface area (Å²) in [7, 11) is 1.79. The third-order valence-corrected chi connectivity index (χ3v) is 4.66. The average molecular weight is 394 g/mol. The molecule has 3 heterocycles. The topological polar surface area (TPSA) is 67.3 Å². The van der Waals surface area contributed by atoms with Crippen LogP contribution in [-0.2, 0) is 13.2 Å². The Hall–Kier alpha value is -3.68. The number of halogens is 1. The number of likely N-dealkylation sites (N-methyl/N-ethyl adjacent to an activating group) is 1. The molecule has 0 unspecified atom stereocenters. The van der Waals surface area contributed by atoms with E-state index in [0.717, 1.165) is 11.3 Å². The number of ether oxygens (including phenoxy) is 2. The molecule has 0 N–H and O–H groups in total. The summed E-state index contributed by atoms with van der Waals surface area (Å²) in [6.07, 6.45) is 5.05. The van der Waals surface area contributed by atoms with Gasteiger partial charge in [0.1, 0.15) is 18.1 Å². The molecule has 7 nitrogen and oxygen atoms in total. The fourth-order valence-electron chi connectivity index (χ4n) is 3.05. The van der Waals surface area contributed by atoms with Crippen LogP contribution < -0.4 is 9.47 Å². The van der Waals surface area contributed by atoms with Crippen molar-refractivity contribution in [3.63, 3.8) is 0 Å². The molecule has 1 amide bonds. The van der Waals surface area contributed by atoms with Crippen LogP contribution in [0.2, 0.25) is 0 Å². The molecule has 0 radical (unpaired) electrons. The number of alkyl halides is 1. The molecule has 2 aromatic rings. The molecular weight excluding hydrogens is 375 g/mol. The second kappa shape index (κ2) is 7.75. The van der Waals surface area contributed by atoms with Crippen molar-refractivity contribution in [2.24, 2.45) is 5.10 Å². The van der Waals surface area contributed by atoms with E-state index in [1.807, 2.05) is 12.1 Å². The molecule has 0 atom stereocenters. The number of allylic oxidation sites excluding steroid dienone is 1. The van der Waals surface area contributed by atoms with Gasteiger partial charge in [0.25, 0.3) is 5.91 Å². The number of hydrogen-bond acceptors (Lipinski definition) is 6. The Labute approximate surface area is 167 Å². The van der Waals surface area contributed by atoms with Crippen LogP contribution in [0, 0.1) is 0 Å². The van der Waals surface area contributed by atoms with Gasteiger partial charge in [-0.15, -0.1) is 0 Å². The number of carbonyl (C=O) groups is 1. The molecule has 4 rings (SSSR count). The van der Waals surface area contributed by atoms with Crippen molar-refractivity contribution < 1.29 is 18.7 Å². The largest absolute Gasteiger partial charge is 0.487 e. The maximum atomic E-state index is 12.7. The van der Waals surface area contributed by atoms with Crippen molar-refractivity contribution >= 4 is 11.7 Å². The highest BCUT2D eigenvalue weighted by Gasteiger charge is 2.31. The van der Waals surface area contributed by atoms with Crippen LogP contribution in [0.15, 0.2) is 66.1 Å². The molecule has 0 saturated carbocycles. The fourth-order valence-corrected chi connectivity index (χ4v) is 3.05. The Kier molecular flexibility index (Phi) is 4.99. The van der Waals surface area contributed by atoms with Crippen molar-refractivity contribution in [2.75, 3.05) is 13.9 Å². The van der Waals surface area contributed by atoms with E-state index in [9.17, 15) is 9.18 Å². The van der Waals surface area contributed by atoms with Crippen LogP contribution in [0.25, 0.3) is 0 Å². The normalized spacial score (nSPS) is 15.4. The summed E-state index contributed by atoms with van der Waals surface area (Å²) >= 11 is 0. The number of nitrogens with zero attached hydrogens (tertiary/aromatic N) is 4. The van der Waals surface area contributed by atoms with Gasteiger partial charge in [-0.3, -0.25) is 19.7 Å². The molecule has 0 spiro atoms. The molecular formula is C21H19FN4O3. The average Bonchev–Trinajstić information content (AvgIpc) is 3.06. The maximum Gasteiger partial charge on any atom is 0.260 e. The summed E-state index contributed by atoms with van der Waals surface area (Å²) < 4.78 is 22.7. The van der Waals surface area contributed by atoms with Crippen LogP contribution in [-0.4, -0.2) is 40.5 Å². The lowest BCUT2D eigenvalue weighted by atomic mass is 10.1. The Morgan fingerprint density at radius 3 is 2.72 bits per heavy atom. The van der Waals surface area contributed by atoms with E-state index >= 15 is 0 Å². The van der Waals surface area contributed by atoms with Crippen molar-refractivity contribution in [3.05, 3.63) is 77.8 Å². The SMILES string of the molecule is C=C1C=CC(N2Cc3cc(OCc4ccc(OCF)cn4)ccc3C2=O)=NN1C. The van der Waals surface area contributed by atoms with Gasteiger partial charge in [-0.1, -0.05) is 6.58 Å². The van der Waals surface area contributed by atoms with E-state index in [1.54, 1.807) is 47.3 Å². The monoisotopic (exact) mass is 394 g/mol. The van der Waals surface area contributed by atoms with Gasteiger partial charge in [0.2, 0.25) is 6.86 Å². The number of amides is 1. The second-order valence-corrected chi connectivity index (χ2v) is 6.54. The van der Waals surface area contributed by atoms with Crippen LogP contribution in [0.4, 0.5) is 4.39 Å². The minimum absolute atomic E-state index is 0.0963. The first-order chi connectivity index (χ1) is 14.0. The van der Waals surface area contributed by atoms with Crippen LogP contribution in [0.5, 0.6) is 11.5 Å². The zero-order chi connectivity index (χ0) is 20.4. The predicted molar refractivity (Wildman–Crippen MR) is 105 cm³/mol. The highest BCUT2D eigenvalue weighted by Crippen LogP contribution is 2.28. The van der Waals surface area contributed by atoms with Crippen molar-refractivity contribution in [2.45, 2.75) is 13.2 Å². The summed E-state index contributed by atoms with van der Waals surface area (Å²) in [6, 6.07) is 8.71. The van der Waals surface area contributed by atoms with Crippen molar-refractivity contribution in [1.29, 1.82) is 0 Å². The second-order valence-electron chi connectivity index (χ2n) is 6.54.